The topological polar surface area (TPSA) is 282 Å². The van der Waals surface area contributed by atoms with Crippen molar-refractivity contribution in [1.82, 2.24) is 0 Å². The number of para-hydroxylation sites is 1. The van der Waals surface area contributed by atoms with Crippen LogP contribution in [0.2, 0.25) is 0 Å². The summed E-state index contributed by atoms with van der Waals surface area (Å²) in [4.78, 5) is 70.8. The highest BCUT2D eigenvalue weighted by Gasteiger charge is 2.34. The molecule has 0 aliphatic heterocycles. The van der Waals surface area contributed by atoms with E-state index in [1.165, 1.54) is 110 Å². The predicted octanol–water partition coefficient (Wildman–Crippen LogP) is 26.5. The lowest BCUT2D eigenvalue weighted by molar-refractivity contribution is -0.310. The second-order valence-electron chi connectivity index (χ2n) is 31.2. The zero-order valence-electron chi connectivity index (χ0n) is 79.8. The van der Waals surface area contributed by atoms with E-state index in [0.717, 1.165) is 17.7 Å². The van der Waals surface area contributed by atoms with Gasteiger partial charge in [0.2, 0.25) is 0 Å². The molecule has 4 N–H and O–H groups in total. The van der Waals surface area contributed by atoms with Crippen molar-refractivity contribution >= 4 is 84.3 Å². The number of carboxylic acid groups (broad SMARTS) is 5. The molecule has 0 atom stereocenters. The number of aliphatic carboxylic acids is 1. The Morgan fingerprint density at radius 2 is 0.416 bits per heavy atom. The van der Waals surface area contributed by atoms with E-state index in [2.05, 4.69) is 455 Å². The molecule has 0 bridgehead atoms. The predicted molar refractivity (Wildman–Crippen MR) is 564 cm³/mol. The van der Waals surface area contributed by atoms with Crippen molar-refractivity contribution in [3.63, 3.8) is 0 Å². The normalized spacial score (nSPS) is 10.3. The highest BCUT2D eigenvalue weighted by atomic mass is 32.2. The van der Waals surface area contributed by atoms with Crippen molar-refractivity contribution in [1.29, 1.82) is 0 Å². The van der Waals surface area contributed by atoms with Gasteiger partial charge < -0.3 is 50.8 Å². The van der Waals surface area contributed by atoms with Crippen LogP contribution in [0.25, 0.3) is 0 Å². The Labute approximate surface area is 873 Å². The zero-order chi connectivity index (χ0) is 107. The molecule has 752 valence electrons. The van der Waals surface area contributed by atoms with Crippen LogP contribution in [-0.2, 0) is 59.3 Å². The maximum Gasteiger partial charge on any atom is 0.338 e. The number of hydrogen-bond acceptors (Lipinski definition) is 10. The number of halogens is 7. The monoisotopic (exact) mass is 2090 g/mol. The molecule has 0 spiro atoms. The summed E-state index contributed by atoms with van der Waals surface area (Å²) in [6, 6.07) is 173. The van der Waals surface area contributed by atoms with Gasteiger partial charge >= 0.3 is 23.9 Å². The average molecular weight is 2090 g/mol. The van der Waals surface area contributed by atoms with E-state index in [0.29, 0.717) is 13.0 Å². The molecule has 0 fully saturated rings. The lowest BCUT2D eigenvalue weighted by atomic mass is 10.1. The molecule has 0 aliphatic carbocycles. The van der Waals surface area contributed by atoms with Gasteiger partial charge in [-0.3, -0.25) is 0 Å². The third kappa shape index (κ3) is 36.3. The van der Waals surface area contributed by atoms with Crippen LogP contribution in [0.5, 0.6) is 23.0 Å². The Morgan fingerprint density at radius 3 is 0.577 bits per heavy atom. The van der Waals surface area contributed by atoms with Gasteiger partial charge in [0.05, 0.1) is 83.1 Å². The van der Waals surface area contributed by atoms with Gasteiger partial charge in [-0.15, -0.1) is 0 Å². The van der Waals surface area contributed by atoms with Gasteiger partial charge in [-0.1, -0.05) is 332 Å². The molecule has 0 aliphatic rings. The summed E-state index contributed by atoms with van der Waals surface area (Å²) in [5.74, 6) is -24.2. The lowest BCUT2D eigenvalue weighted by Gasteiger charge is -2.13. The van der Waals surface area contributed by atoms with Crippen LogP contribution in [0, 0.1) is 36.0 Å². The van der Waals surface area contributed by atoms with Gasteiger partial charge in [0.25, 0.3) is 5.92 Å². The number of carboxylic acids is 5. The molecular weight excluding hydrogens is 1990 g/mol. The van der Waals surface area contributed by atoms with E-state index in [-0.39, 0.29) is 65.6 Å². The maximum absolute atomic E-state index is 12.6. The molecule has 0 heterocycles. The number of carbonyl (C=O) groups excluding carboxylic acids is 1. The number of aromatic carboxylic acids is 4. The minimum Gasteiger partial charge on any atom is -0.872 e. The molecule has 0 amide bonds. The van der Waals surface area contributed by atoms with Crippen molar-refractivity contribution in [2.75, 3.05) is 0 Å². The Bertz CT molecular complexity index is 6050. The van der Waals surface area contributed by atoms with Gasteiger partial charge in [0.1, 0.15) is 5.82 Å². The number of hydrogen-bond donors (Lipinski definition) is 4. The molecule has 0 saturated heterocycles. The Kier molecular flexibility index (Phi) is 45.9. The molecule has 0 saturated carbocycles. The molecule has 0 aromatic heterocycles. The van der Waals surface area contributed by atoms with Crippen LogP contribution in [0.15, 0.2) is 589 Å². The summed E-state index contributed by atoms with van der Waals surface area (Å²) < 4.78 is 85.1. The summed E-state index contributed by atoms with van der Waals surface area (Å²) in [5, 5.41) is 85.6. The number of benzene rings is 19. The van der Waals surface area contributed by atoms with E-state index in [9.17, 15) is 80.2 Å². The third-order valence-electron chi connectivity index (χ3n) is 20.2. The number of aryl methyl sites for hydroxylation is 1. The van der Waals surface area contributed by atoms with E-state index in [4.69, 9.17) is 20.4 Å². The fraction of sp³-hybridized carbons (Fsp3) is 0.0325. The first-order valence-electron chi connectivity index (χ1n) is 45.5. The van der Waals surface area contributed by atoms with E-state index in [1.54, 1.807) is 13.0 Å². The summed E-state index contributed by atoms with van der Waals surface area (Å²) in [6.07, 6.45) is -1.20. The van der Waals surface area contributed by atoms with E-state index < -0.39 is 105 Å². The second kappa shape index (κ2) is 60.0. The first kappa shape index (κ1) is 114. The van der Waals surface area contributed by atoms with Crippen molar-refractivity contribution in [2.24, 2.45) is 0 Å². The van der Waals surface area contributed by atoms with Crippen LogP contribution in [-0.4, -0.2) is 56.2 Å². The van der Waals surface area contributed by atoms with Crippen LogP contribution >= 0.6 is 0 Å². The molecule has 0 radical (unpaired) electrons. The summed E-state index contributed by atoms with van der Waals surface area (Å²) in [7, 11) is -0.0731. The summed E-state index contributed by atoms with van der Waals surface area (Å²) in [5.41, 5.74) is -1.73. The van der Waals surface area contributed by atoms with Gasteiger partial charge in [0, 0.05) is 5.97 Å². The highest BCUT2D eigenvalue weighted by molar-refractivity contribution is 7.98. The molecule has 26 heteroatoms. The van der Waals surface area contributed by atoms with E-state index in [1.807, 2.05) is 0 Å². The molecular formula is C123H97F7O14S5. The number of rotatable bonds is 21. The molecule has 149 heavy (non-hydrogen) atoms. The first-order chi connectivity index (χ1) is 72.0. The Morgan fingerprint density at radius 1 is 0.235 bits per heavy atom. The smallest absolute Gasteiger partial charge is 0.338 e. The minimum atomic E-state index is -3.14. The SMILES string of the molecule is CC(F)(F)CC(=O)[O-].Cc1ccc(C(=O)O)c([O-])c1.O=C(O)c1c([O-])c(F)c(F)c(F)c1F.O=C(O)c1ccc(F)cc1[O-].O=C(O)c1ccccc1[O-].c1ccc([S+](c2ccccc2)c2ccccc2)cc1.c1ccc([S+](c2ccccc2)c2ccccc2)cc1.c1ccc([S+](c2ccccc2)c2ccccc2)cc1.c1ccc([S+](c2ccccc2)c2ccccc2)cc1.c1ccc([S+](c2ccccc2)c2ccccc2)cc1. The number of alkyl halides is 2. The van der Waals surface area contributed by atoms with Gasteiger partial charge in [-0.2, -0.15) is 0 Å². The van der Waals surface area contributed by atoms with Crippen LogP contribution in [0.1, 0.15) is 60.3 Å². The fourth-order valence-corrected chi connectivity index (χ4v) is 24.1. The molecule has 19 aromatic carbocycles. The van der Waals surface area contributed by atoms with E-state index >= 15 is 0 Å². The summed E-state index contributed by atoms with van der Waals surface area (Å²) >= 11 is 0. The Balaban J connectivity index is 0.000000171. The fourth-order valence-electron chi connectivity index (χ4n) is 13.6. The molecule has 19 aromatic rings. The maximum atomic E-state index is 12.6. The van der Waals surface area contributed by atoms with Crippen molar-refractivity contribution in [3.05, 3.63) is 573 Å². The van der Waals surface area contributed by atoms with Gasteiger partial charge in [-0.25, -0.2) is 49.9 Å². The first-order valence-corrected chi connectivity index (χ1v) is 51.6. The summed E-state index contributed by atoms with van der Waals surface area (Å²) in [6.45, 7) is 2.27. The molecule has 19 rings (SSSR count). The average Bonchev–Trinajstić information content (AvgIpc) is 0.787. The number of carbonyl (C=O) groups is 5. The molecule has 0 unspecified atom stereocenters. The Hall–Kier alpha value is -17.0. The van der Waals surface area contributed by atoms with Crippen molar-refractivity contribution < 1.29 is 101 Å². The standard InChI is InChI=1S/5C18H15S.C8H8O3.C7H2F4O3.C7H5FO3.C7H6O3.C4H6F2O2/c5*1-4-10-16(11-5-1)19(17-12-6-2-7-13-17)18-14-8-3-9-15-18;1-5-2-3-6(8(10)11)7(9)4-5;8-2-1(7(13)14)6(12)5(11)4(10)3(2)9;8-4-1-2-5(7(10)11)6(9)3-4;8-6-4-2-1-3-5(6)7(9)10;1-4(5,6)2-3(7)8/h5*1-15H;2-4,9H,1H3,(H,10,11);12H,(H,13,14);1-3,9H,(H,10,11);1-4,8H,(H,9,10);2H2,1H3,(H,7,8)/q5*+1;;;;;/p-5. The second-order valence-corrected chi connectivity index (χ2v) is 41.3. The van der Waals surface area contributed by atoms with Gasteiger partial charge in [0.15, 0.2) is 96.7 Å². The molecule has 14 nitrogen and oxygen atoms in total. The zero-order valence-corrected chi connectivity index (χ0v) is 83.9. The van der Waals surface area contributed by atoms with Crippen LogP contribution in [0.3, 0.4) is 0 Å². The van der Waals surface area contributed by atoms with Crippen molar-refractivity contribution in [3.8, 4) is 23.0 Å². The highest BCUT2D eigenvalue weighted by Crippen LogP contribution is 2.37. The lowest BCUT2D eigenvalue weighted by Crippen LogP contribution is -2.29. The quantitative estimate of drug-likeness (QED) is 0.0225. The van der Waals surface area contributed by atoms with Crippen LogP contribution in [0.4, 0.5) is 30.7 Å². The van der Waals surface area contributed by atoms with Crippen LogP contribution < -0.4 is 25.5 Å². The van der Waals surface area contributed by atoms with Crippen molar-refractivity contribution in [2.45, 2.75) is 99.6 Å². The third-order valence-corrected chi connectivity index (χ3v) is 31.4. The largest absolute Gasteiger partial charge is 0.872 e. The van der Waals surface area contributed by atoms with Gasteiger partial charge in [-0.05, 0) is 226 Å². The minimum absolute atomic E-state index is 0.0146.